The van der Waals surface area contributed by atoms with Crippen molar-refractivity contribution in [3.8, 4) is 17.1 Å². The summed E-state index contributed by atoms with van der Waals surface area (Å²) in [6.45, 7) is 1.72. The highest BCUT2D eigenvalue weighted by Crippen LogP contribution is 2.24. The van der Waals surface area contributed by atoms with Crippen LogP contribution in [0.2, 0.25) is 0 Å². The van der Waals surface area contributed by atoms with Gasteiger partial charge in [0.25, 0.3) is 0 Å². The largest absolute Gasteiger partial charge is 0.508 e. The van der Waals surface area contributed by atoms with Crippen LogP contribution < -0.4 is 0 Å². The molecule has 4 heteroatoms. The molecule has 2 N–H and O–H groups in total. The van der Waals surface area contributed by atoms with E-state index in [9.17, 15) is 9.50 Å². The summed E-state index contributed by atoms with van der Waals surface area (Å²) in [5.41, 5.74) is 2.93. The average Bonchev–Trinajstić information content (AvgIpc) is 2.75. The van der Waals surface area contributed by atoms with Gasteiger partial charge in [-0.05, 0) is 42.8 Å². The summed E-state index contributed by atoms with van der Waals surface area (Å²) in [6.07, 6.45) is 0. The summed E-state index contributed by atoms with van der Waals surface area (Å²) in [5.74, 6) is 0.624. The number of hydrogen-bond donors (Lipinski definition) is 2. The monoisotopic (exact) mass is 242 g/mol. The number of halogens is 1. The first kappa shape index (κ1) is 10.8. The van der Waals surface area contributed by atoms with Gasteiger partial charge in [-0.1, -0.05) is 0 Å². The molecule has 0 atom stereocenters. The number of aromatic amines is 1. The van der Waals surface area contributed by atoms with E-state index < -0.39 is 0 Å². The van der Waals surface area contributed by atoms with Crippen molar-refractivity contribution in [2.45, 2.75) is 6.92 Å². The number of nitrogens with zero attached hydrogens (tertiary/aromatic N) is 1. The molecule has 0 aliphatic rings. The fourth-order valence-corrected chi connectivity index (χ4v) is 1.93. The molecule has 0 saturated carbocycles. The molecular weight excluding hydrogens is 231 g/mol. The topological polar surface area (TPSA) is 48.9 Å². The predicted octanol–water partition coefficient (Wildman–Crippen LogP) is 3.38. The summed E-state index contributed by atoms with van der Waals surface area (Å²) in [4.78, 5) is 7.51. The number of aromatic nitrogens is 2. The molecule has 3 rings (SSSR count). The zero-order valence-electron chi connectivity index (χ0n) is 9.74. The molecule has 1 aromatic heterocycles. The maximum atomic E-state index is 13.2. The van der Waals surface area contributed by atoms with Gasteiger partial charge in [0.05, 0.1) is 11.0 Å². The maximum Gasteiger partial charge on any atom is 0.138 e. The second-order valence-corrected chi connectivity index (χ2v) is 4.25. The van der Waals surface area contributed by atoms with Gasteiger partial charge in [-0.2, -0.15) is 0 Å². The number of rotatable bonds is 1. The van der Waals surface area contributed by atoms with Crippen LogP contribution in [-0.2, 0) is 0 Å². The van der Waals surface area contributed by atoms with E-state index in [-0.39, 0.29) is 11.6 Å². The van der Waals surface area contributed by atoms with Crippen LogP contribution in [0.1, 0.15) is 5.56 Å². The summed E-state index contributed by atoms with van der Waals surface area (Å²) >= 11 is 0. The van der Waals surface area contributed by atoms with Crippen LogP contribution in [0.3, 0.4) is 0 Å². The first-order chi connectivity index (χ1) is 8.63. The molecule has 0 radical (unpaired) electrons. The van der Waals surface area contributed by atoms with Crippen LogP contribution in [-0.4, -0.2) is 15.1 Å². The van der Waals surface area contributed by atoms with E-state index in [0.29, 0.717) is 11.4 Å². The predicted molar refractivity (Wildman–Crippen MR) is 67.9 cm³/mol. The van der Waals surface area contributed by atoms with Gasteiger partial charge in [0, 0.05) is 11.6 Å². The van der Waals surface area contributed by atoms with Crippen LogP contribution >= 0.6 is 0 Å². The molecule has 0 aliphatic carbocycles. The molecular formula is C14H11FN2O. The van der Waals surface area contributed by atoms with E-state index in [1.807, 2.05) is 0 Å². The Morgan fingerprint density at radius 2 is 2.00 bits per heavy atom. The van der Waals surface area contributed by atoms with Gasteiger partial charge >= 0.3 is 0 Å². The normalized spacial score (nSPS) is 11.0. The van der Waals surface area contributed by atoms with Gasteiger partial charge < -0.3 is 10.1 Å². The number of hydrogen-bond acceptors (Lipinski definition) is 2. The van der Waals surface area contributed by atoms with Crippen molar-refractivity contribution in [1.82, 2.24) is 9.97 Å². The summed E-state index contributed by atoms with van der Waals surface area (Å²) in [6, 6.07) is 9.79. The lowest BCUT2D eigenvalue weighted by Gasteiger charge is -1.99. The Bertz CT molecular complexity index is 734. The Labute approximate surface area is 103 Å². The molecule has 3 aromatic rings. The smallest absolute Gasteiger partial charge is 0.138 e. The first-order valence-electron chi connectivity index (χ1n) is 5.59. The van der Waals surface area contributed by atoms with Gasteiger partial charge in [-0.15, -0.1) is 0 Å². The third-order valence-corrected chi connectivity index (χ3v) is 2.90. The molecule has 0 amide bonds. The van der Waals surface area contributed by atoms with Crippen molar-refractivity contribution in [1.29, 1.82) is 0 Å². The van der Waals surface area contributed by atoms with Crippen molar-refractivity contribution in [3.05, 3.63) is 47.8 Å². The second kappa shape index (κ2) is 3.84. The minimum atomic E-state index is -0.229. The SMILES string of the molecule is Cc1cc(-c2nc3ccc(O)cc3[nH]2)ccc1F. The molecule has 0 aliphatic heterocycles. The molecule has 0 bridgehead atoms. The van der Waals surface area contributed by atoms with Crippen LogP contribution in [0.15, 0.2) is 36.4 Å². The second-order valence-electron chi connectivity index (χ2n) is 4.25. The fraction of sp³-hybridized carbons (Fsp3) is 0.0714. The maximum absolute atomic E-state index is 13.2. The number of phenolic OH excluding ortho intramolecular Hbond substituents is 1. The molecule has 0 spiro atoms. The van der Waals surface area contributed by atoms with E-state index in [1.54, 1.807) is 37.3 Å². The average molecular weight is 242 g/mol. The van der Waals surface area contributed by atoms with Crippen molar-refractivity contribution < 1.29 is 9.50 Å². The van der Waals surface area contributed by atoms with Crippen LogP contribution in [0.5, 0.6) is 5.75 Å². The Morgan fingerprint density at radius 1 is 1.17 bits per heavy atom. The van der Waals surface area contributed by atoms with E-state index in [2.05, 4.69) is 9.97 Å². The number of aromatic hydroxyl groups is 1. The van der Waals surface area contributed by atoms with Crippen LogP contribution in [0.25, 0.3) is 22.4 Å². The highest BCUT2D eigenvalue weighted by Gasteiger charge is 2.07. The van der Waals surface area contributed by atoms with E-state index >= 15 is 0 Å². The Balaban J connectivity index is 2.16. The quantitative estimate of drug-likeness (QED) is 0.687. The fourth-order valence-electron chi connectivity index (χ4n) is 1.93. The minimum Gasteiger partial charge on any atom is -0.508 e. The third kappa shape index (κ3) is 1.72. The zero-order valence-corrected chi connectivity index (χ0v) is 9.74. The standard InChI is InChI=1S/C14H11FN2O/c1-8-6-9(2-4-11(8)15)14-16-12-5-3-10(18)7-13(12)17-14/h2-7,18H,1H3,(H,16,17). The Kier molecular flexibility index (Phi) is 2.30. The summed E-state index contributed by atoms with van der Waals surface area (Å²) < 4.78 is 13.2. The summed E-state index contributed by atoms with van der Waals surface area (Å²) in [5, 5.41) is 9.39. The third-order valence-electron chi connectivity index (χ3n) is 2.90. The van der Waals surface area contributed by atoms with Crippen molar-refractivity contribution in [2.24, 2.45) is 0 Å². The number of H-pyrrole nitrogens is 1. The Morgan fingerprint density at radius 3 is 2.78 bits per heavy atom. The van der Waals surface area contributed by atoms with Gasteiger partial charge in [-0.3, -0.25) is 0 Å². The van der Waals surface area contributed by atoms with E-state index in [1.165, 1.54) is 6.07 Å². The van der Waals surface area contributed by atoms with Gasteiger partial charge in [0.2, 0.25) is 0 Å². The van der Waals surface area contributed by atoms with Crippen molar-refractivity contribution in [2.75, 3.05) is 0 Å². The number of imidazole rings is 1. The van der Waals surface area contributed by atoms with Crippen molar-refractivity contribution in [3.63, 3.8) is 0 Å². The first-order valence-corrected chi connectivity index (χ1v) is 5.59. The molecule has 0 saturated heterocycles. The molecule has 90 valence electrons. The number of nitrogens with one attached hydrogen (secondary N) is 1. The van der Waals surface area contributed by atoms with Gasteiger partial charge in [-0.25, -0.2) is 9.37 Å². The number of phenols is 1. The lowest BCUT2D eigenvalue weighted by atomic mass is 10.1. The zero-order chi connectivity index (χ0) is 12.7. The molecule has 0 unspecified atom stereocenters. The highest BCUT2D eigenvalue weighted by atomic mass is 19.1. The Hall–Kier alpha value is -2.36. The van der Waals surface area contributed by atoms with E-state index in [4.69, 9.17) is 0 Å². The molecule has 1 heterocycles. The molecule has 2 aromatic carbocycles. The molecule has 0 fully saturated rings. The lowest BCUT2D eigenvalue weighted by molar-refractivity contribution is 0.476. The van der Waals surface area contributed by atoms with Crippen LogP contribution in [0.4, 0.5) is 4.39 Å². The molecule has 3 nitrogen and oxygen atoms in total. The molecule has 18 heavy (non-hydrogen) atoms. The lowest BCUT2D eigenvalue weighted by Crippen LogP contribution is -1.85. The number of aryl methyl sites for hydroxylation is 1. The van der Waals surface area contributed by atoms with Crippen LogP contribution in [0, 0.1) is 12.7 Å². The van der Waals surface area contributed by atoms with Gasteiger partial charge in [0.15, 0.2) is 0 Å². The number of benzene rings is 2. The summed E-state index contributed by atoms with van der Waals surface area (Å²) in [7, 11) is 0. The van der Waals surface area contributed by atoms with Crippen molar-refractivity contribution >= 4 is 11.0 Å². The minimum absolute atomic E-state index is 0.188. The number of fused-ring (bicyclic) bond motifs is 1. The van der Waals surface area contributed by atoms with E-state index in [0.717, 1.165) is 16.6 Å². The highest BCUT2D eigenvalue weighted by molar-refractivity contribution is 5.80. The van der Waals surface area contributed by atoms with Gasteiger partial charge in [0.1, 0.15) is 17.4 Å².